The lowest BCUT2D eigenvalue weighted by molar-refractivity contribution is -0.121. The van der Waals surface area contributed by atoms with Gasteiger partial charge in [-0.05, 0) is 12.0 Å². The Kier molecular flexibility index (Phi) is 7.88. The summed E-state index contributed by atoms with van der Waals surface area (Å²) in [6, 6.07) is 9.23. The zero-order valence-electron chi connectivity index (χ0n) is 12.1. The molecule has 1 amide bonds. The molecule has 0 heterocycles. The number of amides is 1. The Morgan fingerprint density at radius 1 is 1.20 bits per heavy atom. The summed E-state index contributed by atoms with van der Waals surface area (Å²) in [6.07, 6.45) is 6.21. The van der Waals surface area contributed by atoms with Crippen molar-refractivity contribution in [3.8, 4) is 0 Å². The average molecular weight is 292 g/mol. The SMILES string of the molecule is CCCCCCCC(=O)NC(C(N)=S)c1ccccc1. The molecule has 1 aromatic rings. The van der Waals surface area contributed by atoms with Gasteiger partial charge in [0.05, 0.1) is 0 Å². The number of nitrogens with one attached hydrogen (secondary N) is 1. The number of rotatable bonds is 9. The minimum atomic E-state index is -0.366. The first-order valence-electron chi connectivity index (χ1n) is 7.28. The van der Waals surface area contributed by atoms with Gasteiger partial charge in [0.1, 0.15) is 11.0 Å². The molecular weight excluding hydrogens is 268 g/mol. The van der Waals surface area contributed by atoms with E-state index in [9.17, 15) is 4.79 Å². The van der Waals surface area contributed by atoms with Gasteiger partial charge in [-0.3, -0.25) is 4.79 Å². The Hall–Kier alpha value is -1.42. The van der Waals surface area contributed by atoms with Gasteiger partial charge in [0.15, 0.2) is 0 Å². The van der Waals surface area contributed by atoms with Gasteiger partial charge in [-0.1, -0.05) is 75.2 Å². The van der Waals surface area contributed by atoms with Crippen molar-refractivity contribution < 1.29 is 4.79 Å². The molecule has 1 aromatic carbocycles. The van der Waals surface area contributed by atoms with Crippen LogP contribution in [0.15, 0.2) is 30.3 Å². The third-order valence-corrected chi connectivity index (χ3v) is 3.47. The number of nitrogens with two attached hydrogens (primary N) is 1. The van der Waals surface area contributed by atoms with Gasteiger partial charge < -0.3 is 11.1 Å². The molecular formula is C16H24N2OS. The predicted octanol–water partition coefficient (Wildman–Crippen LogP) is 3.49. The lowest BCUT2D eigenvalue weighted by atomic mass is 10.1. The minimum absolute atomic E-state index is 0.0168. The van der Waals surface area contributed by atoms with Gasteiger partial charge in [-0.15, -0.1) is 0 Å². The van der Waals surface area contributed by atoms with Crippen LogP contribution in [0.2, 0.25) is 0 Å². The standard InChI is InChI=1S/C16H24N2OS/c1-2-3-4-5-9-12-14(19)18-15(16(17)20)13-10-7-6-8-11-13/h6-8,10-11,15H,2-5,9,12H2,1H3,(H2,17,20)(H,18,19). The predicted molar refractivity (Wildman–Crippen MR) is 87.5 cm³/mol. The molecule has 4 heteroatoms. The van der Waals surface area contributed by atoms with Crippen molar-refractivity contribution in [2.24, 2.45) is 5.73 Å². The van der Waals surface area contributed by atoms with E-state index in [-0.39, 0.29) is 11.9 Å². The van der Waals surface area contributed by atoms with Crippen molar-refractivity contribution in [2.75, 3.05) is 0 Å². The number of hydrogen-bond donors (Lipinski definition) is 2. The van der Waals surface area contributed by atoms with Gasteiger partial charge in [0.25, 0.3) is 0 Å². The highest BCUT2D eigenvalue weighted by molar-refractivity contribution is 7.80. The molecule has 0 saturated heterocycles. The second kappa shape index (κ2) is 9.48. The Morgan fingerprint density at radius 2 is 1.85 bits per heavy atom. The second-order valence-electron chi connectivity index (χ2n) is 4.98. The summed E-state index contributed by atoms with van der Waals surface area (Å²) >= 11 is 5.05. The fourth-order valence-electron chi connectivity index (χ4n) is 2.09. The van der Waals surface area contributed by atoms with Crippen LogP contribution in [0, 0.1) is 0 Å². The van der Waals surface area contributed by atoms with Crippen molar-refractivity contribution >= 4 is 23.1 Å². The van der Waals surface area contributed by atoms with E-state index in [0.29, 0.717) is 11.4 Å². The number of carbonyl (C=O) groups excluding carboxylic acids is 1. The lowest BCUT2D eigenvalue weighted by Gasteiger charge is -2.17. The highest BCUT2D eigenvalue weighted by Crippen LogP contribution is 2.13. The molecule has 0 aliphatic heterocycles. The van der Waals surface area contributed by atoms with Crippen molar-refractivity contribution in [1.82, 2.24) is 5.32 Å². The smallest absolute Gasteiger partial charge is 0.220 e. The number of carbonyl (C=O) groups is 1. The maximum Gasteiger partial charge on any atom is 0.220 e. The molecule has 0 aliphatic carbocycles. The molecule has 0 bridgehead atoms. The summed E-state index contributed by atoms with van der Waals surface area (Å²) in [6.45, 7) is 2.18. The summed E-state index contributed by atoms with van der Waals surface area (Å²) < 4.78 is 0. The largest absolute Gasteiger partial charge is 0.391 e. The van der Waals surface area contributed by atoms with Gasteiger partial charge in [0, 0.05) is 6.42 Å². The summed E-state index contributed by atoms with van der Waals surface area (Å²) in [4.78, 5) is 12.2. The number of hydrogen-bond acceptors (Lipinski definition) is 2. The topological polar surface area (TPSA) is 55.1 Å². The lowest BCUT2D eigenvalue weighted by Crippen LogP contribution is -2.36. The van der Waals surface area contributed by atoms with Crippen molar-refractivity contribution in [2.45, 2.75) is 51.5 Å². The highest BCUT2D eigenvalue weighted by Gasteiger charge is 2.16. The van der Waals surface area contributed by atoms with Crippen molar-refractivity contribution in [1.29, 1.82) is 0 Å². The first-order chi connectivity index (χ1) is 9.65. The first kappa shape index (κ1) is 16.6. The zero-order chi connectivity index (χ0) is 14.8. The third kappa shape index (κ3) is 6.15. The molecule has 20 heavy (non-hydrogen) atoms. The molecule has 0 saturated carbocycles. The Labute approximate surface area is 126 Å². The van der Waals surface area contributed by atoms with Crippen LogP contribution in [0.3, 0.4) is 0 Å². The molecule has 110 valence electrons. The summed E-state index contributed by atoms with van der Waals surface area (Å²) in [5.74, 6) is 0.0168. The van der Waals surface area contributed by atoms with Crippen molar-refractivity contribution in [3.63, 3.8) is 0 Å². The fourth-order valence-corrected chi connectivity index (χ4v) is 2.28. The normalized spacial score (nSPS) is 11.8. The zero-order valence-corrected chi connectivity index (χ0v) is 12.9. The van der Waals surface area contributed by atoms with Crippen LogP contribution in [-0.4, -0.2) is 10.9 Å². The number of unbranched alkanes of at least 4 members (excludes halogenated alkanes) is 4. The van der Waals surface area contributed by atoms with E-state index >= 15 is 0 Å². The molecule has 1 atom stereocenters. The third-order valence-electron chi connectivity index (χ3n) is 3.23. The van der Waals surface area contributed by atoms with Crippen LogP contribution < -0.4 is 11.1 Å². The molecule has 0 fully saturated rings. The number of thiocarbonyl (C=S) groups is 1. The van der Waals surface area contributed by atoms with E-state index in [4.69, 9.17) is 18.0 Å². The minimum Gasteiger partial charge on any atom is -0.391 e. The van der Waals surface area contributed by atoms with Crippen LogP contribution in [0.25, 0.3) is 0 Å². The highest BCUT2D eigenvalue weighted by atomic mass is 32.1. The first-order valence-corrected chi connectivity index (χ1v) is 7.69. The maximum atomic E-state index is 11.9. The van der Waals surface area contributed by atoms with E-state index < -0.39 is 0 Å². The Bertz CT molecular complexity index is 420. The van der Waals surface area contributed by atoms with Crippen LogP contribution >= 0.6 is 12.2 Å². The average Bonchev–Trinajstić information content (AvgIpc) is 2.45. The van der Waals surface area contributed by atoms with Crippen LogP contribution in [0.5, 0.6) is 0 Å². The van der Waals surface area contributed by atoms with E-state index in [1.165, 1.54) is 19.3 Å². The molecule has 3 nitrogen and oxygen atoms in total. The van der Waals surface area contributed by atoms with Crippen LogP contribution in [-0.2, 0) is 4.79 Å². The van der Waals surface area contributed by atoms with E-state index in [1.807, 2.05) is 30.3 Å². The molecule has 0 aromatic heterocycles. The van der Waals surface area contributed by atoms with Gasteiger partial charge >= 0.3 is 0 Å². The molecule has 1 unspecified atom stereocenters. The molecule has 1 rings (SSSR count). The van der Waals surface area contributed by atoms with Gasteiger partial charge in [-0.2, -0.15) is 0 Å². The summed E-state index contributed by atoms with van der Waals surface area (Å²) in [5, 5.41) is 2.92. The van der Waals surface area contributed by atoms with Crippen molar-refractivity contribution in [3.05, 3.63) is 35.9 Å². The van der Waals surface area contributed by atoms with E-state index in [2.05, 4.69) is 12.2 Å². The maximum absolute atomic E-state index is 11.9. The van der Waals surface area contributed by atoms with Gasteiger partial charge in [-0.25, -0.2) is 0 Å². The van der Waals surface area contributed by atoms with E-state index in [0.717, 1.165) is 18.4 Å². The summed E-state index contributed by atoms with van der Waals surface area (Å²) in [5.41, 5.74) is 6.66. The van der Waals surface area contributed by atoms with Crippen LogP contribution in [0.4, 0.5) is 0 Å². The second-order valence-corrected chi connectivity index (χ2v) is 5.45. The Morgan fingerprint density at radius 3 is 2.45 bits per heavy atom. The van der Waals surface area contributed by atoms with Crippen LogP contribution in [0.1, 0.15) is 57.1 Å². The molecule has 0 radical (unpaired) electrons. The quantitative estimate of drug-likeness (QED) is 0.541. The fraction of sp³-hybridized carbons (Fsp3) is 0.500. The molecule has 3 N–H and O–H groups in total. The van der Waals surface area contributed by atoms with Gasteiger partial charge in [0.2, 0.25) is 5.91 Å². The summed E-state index contributed by atoms with van der Waals surface area (Å²) in [7, 11) is 0. The monoisotopic (exact) mass is 292 g/mol. The number of benzene rings is 1. The van der Waals surface area contributed by atoms with E-state index in [1.54, 1.807) is 0 Å². The molecule has 0 spiro atoms. The Balaban J connectivity index is 2.43. The molecule has 0 aliphatic rings.